The summed E-state index contributed by atoms with van der Waals surface area (Å²) in [5, 5.41) is 0. The molecule has 1 atom stereocenters. The van der Waals surface area contributed by atoms with E-state index in [0.29, 0.717) is 0 Å². The Hall–Kier alpha value is -2.68. The first kappa shape index (κ1) is 17.7. The van der Waals surface area contributed by atoms with Crippen molar-refractivity contribution in [1.82, 2.24) is 0 Å². The summed E-state index contributed by atoms with van der Waals surface area (Å²) in [4.78, 5) is 16.4. The Morgan fingerprint density at radius 3 is 1.88 bits per heavy atom. The van der Waals surface area contributed by atoms with Crippen LogP contribution in [0.3, 0.4) is 0 Å². The van der Waals surface area contributed by atoms with Gasteiger partial charge in [0.15, 0.2) is 0 Å². The monoisotopic (exact) mass is 321 g/mol. The molecule has 24 heavy (non-hydrogen) atoms. The van der Waals surface area contributed by atoms with E-state index in [0.717, 1.165) is 16.8 Å². The molecule has 3 heteroatoms. The molecule has 0 radical (unpaired) electrons. The number of carbonyl (C=O) groups excluding carboxylic acids is 1. The van der Waals surface area contributed by atoms with Gasteiger partial charge in [0.25, 0.3) is 0 Å². The first-order valence-corrected chi connectivity index (χ1v) is 8.06. The number of hydrogen-bond acceptors (Lipinski definition) is 3. The number of aliphatic imine (C=N–C) groups is 1. The van der Waals surface area contributed by atoms with Gasteiger partial charge in [-0.05, 0) is 5.92 Å². The Bertz CT molecular complexity index is 662. The van der Waals surface area contributed by atoms with Crippen molar-refractivity contribution in [3.63, 3.8) is 0 Å². The molecule has 0 amide bonds. The molecular formula is C21H23NO2. The van der Waals surface area contributed by atoms with Crippen LogP contribution in [0.4, 0.5) is 0 Å². The number of ether oxygens (including phenoxy) is 1. The topological polar surface area (TPSA) is 38.7 Å². The molecule has 0 saturated carbocycles. The summed E-state index contributed by atoms with van der Waals surface area (Å²) in [5.41, 5.74) is 3.03. The van der Waals surface area contributed by atoms with E-state index < -0.39 is 0 Å². The average molecular weight is 321 g/mol. The van der Waals surface area contributed by atoms with Crippen LogP contribution in [0.25, 0.3) is 0 Å². The summed E-state index contributed by atoms with van der Waals surface area (Å²) < 4.78 is 4.68. The third kappa shape index (κ3) is 4.92. The molecule has 0 aromatic heterocycles. The largest absolute Gasteiger partial charge is 0.466 e. The average Bonchev–Trinajstić information content (AvgIpc) is 2.62. The maximum Gasteiger partial charge on any atom is 0.330 e. The molecule has 0 fully saturated rings. The molecule has 0 N–H and O–H groups in total. The molecule has 0 aliphatic carbocycles. The molecule has 0 unspecified atom stereocenters. The number of nitrogens with zero attached hydrogens (tertiary/aromatic N) is 1. The third-order valence-corrected chi connectivity index (χ3v) is 3.69. The van der Waals surface area contributed by atoms with Gasteiger partial charge < -0.3 is 4.74 Å². The number of rotatable bonds is 6. The van der Waals surface area contributed by atoms with E-state index >= 15 is 0 Å². The lowest BCUT2D eigenvalue weighted by molar-refractivity contribution is -0.134. The van der Waals surface area contributed by atoms with Gasteiger partial charge in [0.05, 0.1) is 18.9 Å². The second-order valence-corrected chi connectivity index (χ2v) is 5.83. The number of hydrogen-bond donors (Lipinski definition) is 0. The molecule has 3 nitrogen and oxygen atoms in total. The maximum atomic E-state index is 11.4. The summed E-state index contributed by atoms with van der Waals surface area (Å²) in [6, 6.07) is 20.1. The van der Waals surface area contributed by atoms with Gasteiger partial charge in [0.1, 0.15) is 0 Å². The zero-order valence-corrected chi connectivity index (χ0v) is 14.3. The van der Waals surface area contributed by atoms with E-state index in [1.165, 1.54) is 13.2 Å². The molecule has 124 valence electrons. The van der Waals surface area contributed by atoms with Crippen molar-refractivity contribution in [3.8, 4) is 0 Å². The predicted octanol–water partition coefficient (Wildman–Crippen LogP) is 4.28. The summed E-state index contributed by atoms with van der Waals surface area (Å²) in [5.74, 6) is -0.106. The predicted molar refractivity (Wildman–Crippen MR) is 98.3 cm³/mol. The van der Waals surface area contributed by atoms with E-state index in [-0.39, 0.29) is 17.9 Å². The van der Waals surface area contributed by atoms with Gasteiger partial charge in [-0.2, -0.15) is 0 Å². The van der Waals surface area contributed by atoms with Gasteiger partial charge in [0, 0.05) is 17.2 Å². The molecule has 2 rings (SSSR count). The van der Waals surface area contributed by atoms with Crippen LogP contribution >= 0.6 is 0 Å². The number of carbonyl (C=O) groups is 1. The fourth-order valence-electron chi connectivity index (χ4n) is 2.32. The van der Waals surface area contributed by atoms with Crippen LogP contribution in [0.5, 0.6) is 0 Å². The second-order valence-electron chi connectivity index (χ2n) is 5.83. The van der Waals surface area contributed by atoms with Crippen molar-refractivity contribution >= 4 is 11.7 Å². The lowest BCUT2D eigenvalue weighted by Gasteiger charge is -2.16. The highest BCUT2D eigenvalue weighted by Gasteiger charge is 2.13. The second kappa shape index (κ2) is 8.82. The van der Waals surface area contributed by atoms with Crippen LogP contribution in [0.15, 0.2) is 77.8 Å². The SMILES string of the molecule is COC(=O)/C=C\[C@@H](N=C(c1ccccc1)c1ccccc1)C(C)C. The van der Waals surface area contributed by atoms with Gasteiger partial charge in [-0.25, -0.2) is 4.79 Å². The van der Waals surface area contributed by atoms with Crippen LogP contribution in [0.2, 0.25) is 0 Å². The van der Waals surface area contributed by atoms with Crippen LogP contribution in [-0.2, 0) is 9.53 Å². The lowest BCUT2D eigenvalue weighted by Crippen LogP contribution is -2.15. The summed E-state index contributed by atoms with van der Waals surface area (Å²) in [6.07, 6.45) is 3.25. The molecular weight excluding hydrogens is 298 g/mol. The number of benzene rings is 2. The zero-order valence-electron chi connectivity index (χ0n) is 14.3. The first-order valence-electron chi connectivity index (χ1n) is 8.06. The van der Waals surface area contributed by atoms with Crippen LogP contribution in [-0.4, -0.2) is 24.8 Å². The van der Waals surface area contributed by atoms with E-state index in [9.17, 15) is 4.79 Å². The zero-order chi connectivity index (χ0) is 17.4. The summed E-state index contributed by atoms with van der Waals surface area (Å²) in [7, 11) is 1.37. The lowest BCUT2D eigenvalue weighted by atomic mass is 9.99. The molecule has 0 aliphatic heterocycles. The van der Waals surface area contributed by atoms with Gasteiger partial charge in [-0.15, -0.1) is 0 Å². The van der Waals surface area contributed by atoms with Crippen molar-refractivity contribution in [2.24, 2.45) is 10.9 Å². The Morgan fingerprint density at radius 1 is 0.958 bits per heavy atom. The van der Waals surface area contributed by atoms with Crippen LogP contribution < -0.4 is 0 Å². The smallest absolute Gasteiger partial charge is 0.330 e. The highest BCUT2D eigenvalue weighted by molar-refractivity contribution is 6.13. The van der Waals surface area contributed by atoms with Crippen molar-refractivity contribution in [1.29, 1.82) is 0 Å². The Labute approximate surface area is 143 Å². The molecule has 0 bridgehead atoms. The Balaban J connectivity index is 2.46. The minimum Gasteiger partial charge on any atom is -0.466 e. The van der Waals surface area contributed by atoms with E-state index in [1.807, 2.05) is 66.7 Å². The number of esters is 1. The minimum absolute atomic E-state index is 0.112. The van der Waals surface area contributed by atoms with Gasteiger partial charge in [-0.3, -0.25) is 4.99 Å². The maximum absolute atomic E-state index is 11.4. The van der Waals surface area contributed by atoms with Crippen molar-refractivity contribution in [2.75, 3.05) is 7.11 Å². The number of methoxy groups -OCH3 is 1. The molecule has 2 aromatic carbocycles. The molecule has 0 heterocycles. The standard InChI is InChI=1S/C21H23NO2/c1-16(2)19(14-15-20(23)24-3)22-21(17-10-6-4-7-11-17)18-12-8-5-9-13-18/h4-16,19H,1-3H3/b15-14-/t19-/m1/s1. The van der Waals surface area contributed by atoms with E-state index in [2.05, 4.69) is 18.6 Å². The van der Waals surface area contributed by atoms with Gasteiger partial charge in [0.2, 0.25) is 0 Å². The first-order chi connectivity index (χ1) is 11.6. The summed E-state index contributed by atoms with van der Waals surface area (Å²) in [6.45, 7) is 4.17. The fraction of sp³-hybridized carbons (Fsp3) is 0.238. The van der Waals surface area contributed by atoms with Gasteiger partial charge >= 0.3 is 5.97 Å². The van der Waals surface area contributed by atoms with Gasteiger partial charge in [-0.1, -0.05) is 80.6 Å². The van der Waals surface area contributed by atoms with Crippen LogP contribution in [0.1, 0.15) is 25.0 Å². The molecule has 0 spiro atoms. The minimum atomic E-state index is -0.364. The normalized spacial score (nSPS) is 12.2. The van der Waals surface area contributed by atoms with Crippen molar-refractivity contribution in [2.45, 2.75) is 19.9 Å². The molecule has 2 aromatic rings. The molecule has 0 aliphatic rings. The van der Waals surface area contributed by atoms with Crippen molar-refractivity contribution < 1.29 is 9.53 Å². The highest BCUT2D eigenvalue weighted by Crippen LogP contribution is 2.16. The quantitative estimate of drug-likeness (QED) is 0.452. The van der Waals surface area contributed by atoms with E-state index in [1.54, 1.807) is 0 Å². The summed E-state index contributed by atoms with van der Waals surface area (Å²) >= 11 is 0. The third-order valence-electron chi connectivity index (χ3n) is 3.69. The molecule has 0 saturated heterocycles. The van der Waals surface area contributed by atoms with E-state index in [4.69, 9.17) is 4.99 Å². The Morgan fingerprint density at radius 2 is 1.46 bits per heavy atom. The van der Waals surface area contributed by atoms with Crippen molar-refractivity contribution in [3.05, 3.63) is 83.9 Å². The fourth-order valence-corrected chi connectivity index (χ4v) is 2.32. The van der Waals surface area contributed by atoms with Crippen LogP contribution in [0, 0.1) is 5.92 Å². The highest BCUT2D eigenvalue weighted by atomic mass is 16.5. The Kier molecular flexibility index (Phi) is 6.50.